The average Bonchev–Trinajstić information content (AvgIpc) is 3.40. The zero-order chi connectivity index (χ0) is 30.1. The van der Waals surface area contributed by atoms with Crippen LogP contribution >= 0.6 is 11.6 Å². The minimum Gasteiger partial charge on any atom is -0.508 e. The monoisotopic (exact) mass is 592 g/mol. The van der Waals surface area contributed by atoms with Crippen molar-refractivity contribution in [1.82, 2.24) is 10.2 Å². The molecule has 1 saturated heterocycles. The predicted molar refractivity (Wildman–Crippen MR) is 155 cm³/mol. The van der Waals surface area contributed by atoms with Crippen LogP contribution in [0.25, 0.3) is 5.76 Å². The van der Waals surface area contributed by atoms with Crippen LogP contribution in [0.1, 0.15) is 54.5 Å². The van der Waals surface area contributed by atoms with Crippen LogP contribution in [0.2, 0.25) is 5.02 Å². The van der Waals surface area contributed by atoms with Crippen LogP contribution in [0.15, 0.2) is 53.3 Å². The molecule has 3 aliphatic carbocycles. The number of halogens is 1. The zero-order valence-corrected chi connectivity index (χ0v) is 24.1. The average molecular weight is 593 g/mol. The molecule has 2 aromatic rings. The molecular weight excluding hydrogens is 560 g/mol. The fourth-order valence-electron chi connectivity index (χ4n) is 7.61. The molecule has 1 saturated carbocycles. The Balaban J connectivity index is 1.44. The molecule has 42 heavy (non-hydrogen) atoms. The van der Waals surface area contributed by atoms with E-state index in [-0.39, 0.29) is 35.8 Å². The van der Waals surface area contributed by atoms with E-state index in [9.17, 15) is 34.8 Å². The molecule has 0 bridgehead atoms. The summed E-state index contributed by atoms with van der Waals surface area (Å²) < 4.78 is 0. The van der Waals surface area contributed by atoms with Gasteiger partial charge in [-0.25, -0.2) is 0 Å². The lowest BCUT2D eigenvalue weighted by Crippen LogP contribution is -2.65. The van der Waals surface area contributed by atoms with Crippen LogP contribution in [-0.2, 0) is 27.3 Å². The first-order valence-corrected chi connectivity index (χ1v) is 14.6. The van der Waals surface area contributed by atoms with E-state index < -0.39 is 57.9 Å². The molecule has 2 fully saturated rings. The van der Waals surface area contributed by atoms with Gasteiger partial charge in [0, 0.05) is 29.1 Å². The number of likely N-dealkylation sites (tertiary alicyclic amines) is 1. The SMILES string of the molecule is CN[C@@H]1C(=O)C(C(C)=O)=C(O)[C@@]2(O)C(=O)C3=C(O)c4c(O)cc(C5CCCN5Cc5ccccc5)c(Cl)c4C[C@H]3C[C@@H]12. The summed E-state index contributed by atoms with van der Waals surface area (Å²) in [5.41, 5.74) is -0.980. The molecule has 6 rings (SSSR count). The number of rotatable bonds is 5. The molecule has 0 radical (unpaired) electrons. The maximum Gasteiger partial charge on any atom is 0.202 e. The van der Waals surface area contributed by atoms with Crippen molar-refractivity contribution in [2.24, 2.45) is 11.8 Å². The summed E-state index contributed by atoms with van der Waals surface area (Å²) in [6, 6.07) is 10.4. The van der Waals surface area contributed by atoms with Crippen molar-refractivity contribution >= 4 is 34.7 Å². The maximum absolute atomic E-state index is 13.9. The van der Waals surface area contributed by atoms with Gasteiger partial charge >= 0.3 is 0 Å². The molecule has 10 heteroatoms. The number of aromatic hydroxyl groups is 1. The number of likely N-dealkylation sites (N-methyl/N-ethyl adjacent to an activating group) is 1. The summed E-state index contributed by atoms with van der Waals surface area (Å²) in [5, 5.41) is 48.5. The number of fused-ring (bicyclic) bond motifs is 3. The zero-order valence-electron chi connectivity index (χ0n) is 23.4. The number of benzene rings is 2. The van der Waals surface area contributed by atoms with Gasteiger partial charge in [0.25, 0.3) is 0 Å². The third-order valence-electron chi connectivity index (χ3n) is 9.53. The number of phenolic OH excluding ortho intramolecular Hbond substituents is 1. The number of aliphatic hydroxyl groups is 3. The summed E-state index contributed by atoms with van der Waals surface area (Å²) in [6.45, 7) is 2.65. The Labute approximate surface area is 248 Å². The molecule has 2 aromatic carbocycles. The summed E-state index contributed by atoms with van der Waals surface area (Å²) in [7, 11) is 1.48. The van der Waals surface area contributed by atoms with Crippen molar-refractivity contribution in [3.63, 3.8) is 0 Å². The quantitative estimate of drug-likeness (QED) is 0.328. The lowest BCUT2D eigenvalue weighted by atomic mass is 9.57. The van der Waals surface area contributed by atoms with Gasteiger partial charge in [0.2, 0.25) is 5.78 Å². The number of nitrogens with zero attached hydrogens (tertiary/aromatic N) is 1. The van der Waals surface area contributed by atoms with E-state index in [1.807, 2.05) is 18.2 Å². The van der Waals surface area contributed by atoms with Crippen LogP contribution in [0, 0.1) is 11.8 Å². The van der Waals surface area contributed by atoms with E-state index in [0.717, 1.165) is 37.4 Å². The Kier molecular flexibility index (Phi) is 7.05. The largest absolute Gasteiger partial charge is 0.508 e. The Morgan fingerprint density at radius 2 is 1.88 bits per heavy atom. The molecule has 0 amide bonds. The summed E-state index contributed by atoms with van der Waals surface area (Å²) in [5.74, 6) is -5.98. The highest BCUT2D eigenvalue weighted by molar-refractivity contribution is 6.33. The smallest absolute Gasteiger partial charge is 0.202 e. The van der Waals surface area contributed by atoms with Crippen molar-refractivity contribution in [2.75, 3.05) is 13.6 Å². The van der Waals surface area contributed by atoms with Gasteiger partial charge in [0.1, 0.15) is 22.8 Å². The van der Waals surface area contributed by atoms with Crippen LogP contribution in [0.5, 0.6) is 5.75 Å². The highest BCUT2D eigenvalue weighted by Crippen LogP contribution is 2.54. The molecular formula is C32H33ClN2O7. The van der Waals surface area contributed by atoms with E-state index in [1.165, 1.54) is 7.05 Å². The lowest BCUT2D eigenvalue weighted by molar-refractivity contribution is -0.150. The Bertz CT molecular complexity index is 1580. The Morgan fingerprint density at radius 1 is 1.17 bits per heavy atom. The fraction of sp³-hybridized carbons (Fsp3) is 0.406. The number of hydrogen-bond donors (Lipinski definition) is 5. The number of hydrogen-bond acceptors (Lipinski definition) is 9. The Hall–Kier alpha value is -3.50. The van der Waals surface area contributed by atoms with E-state index >= 15 is 0 Å². The molecule has 0 spiro atoms. The van der Waals surface area contributed by atoms with E-state index in [1.54, 1.807) is 6.07 Å². The van der Waals surface area contributed by atoms with Crippen LogP contribution < -0.4 is 5.32 Å². The first-order valence-electron chi connectivity index (χ1n) is 14.2. The van der Waals surface area contributed by atoms with Crippen molar-refractivity contribution in [1.29, 1.82) is 0 Å². The molecule has 0 aromatic heterocycles. The third kappa shape index (κ3) is 4.06. The number of ketones is 3. The van der Waals surface area contributed by atoms with Crippen LogP contribution in [0.3, 0.4) is 0 Å². The number of carbonyl (C=O) groups excluding carboxylic acids is 3. The van der Waals surface area contributed by atoms with Crippen LogP contribution in [0.4, 0.5) is 0 Å². The second kappa shape index (κ2) is 10.3. The number of Topliss-reactive ketones (excluding diaryl/α,β-unsaturated/α-hetero) is 3. The standard InChI is InChI=1S/C32H33ClN2O7/c1-15(36)23-29(39)27(34-2)20-12-17-11-19-25(28(38)24(17)31(41)32(20,42)30(23)40)22(37)13-18(26(19)33)21-9-6-10-35(21)14-16-7-4-3-5-8-16/h3-5,7-8,13,17,20-21,27,34,37-38,40,42H,6,9-12,14H2,1-2H3/t17-,20-,21?,27-,32+/m0/s1. The number of carbonyl (C=O) groups is 3. The third-order valence-corrected chi connectivity index (χ3v) is 9.97. The summed E-state index contributed by atoms with van der Waals surface area (Å²) in [4.78, 5) is 41.7. The van der Waals surface area contributed by atoms with Crippen molar-refractivity contribution in [3.05, 3.63) is 80.6 Å². The molecule has 1 heterocycles. The first-order chi connectivity index (χ1) is 20.0. The molecule has 9 nitrogen and oxygen atoms in total. The molecule has 5 atom stereocenters. The van der Waals surface area contributed by atoms with E-state index in [0.29, 0.717) is 17.1 Å². The maximum atomic E-state index is 13.9. The van der Waals surface area contributed by atoms with Gasteiger partial charge in [-0.1, -0.05) is 41.9 Å². The van der Waals surface area contributed by atoms with Gasteiger partial charge in [-0.3, -0.25) is 19.3 Å². The summed E-state index contributed by atoms with van der Waals surface area (Å²) in [6.07, 6.45) is 2.01. The minimum atomic E-state index is -2.60. The molecule has 220 valence electrons. The number of phenols is 1. The predicted octanol–water partition coefficient (Wildman–Crippen LogP) is 3.72. The molecule has 5 N–H and O–H groups in total. The van der Waals surface area contributed by atoms with Crippen molar-refractivity contribution < 1.29 is 34.8 Å². The highest BCUT2D eigenvalue weighted by Gasteiger charge is 2.63. The second-order valence-corrected chi connectivity index (χ2v) is 12.2. The Morgan fingerprint density at radius 3 is 2.55 bits per heavy atom. The van der Waals surface area contributed by atoms with Crippen molar-refractivity contribution in [3.8, 4) is 5.75 Å². The number of nitrogens with one attached hydrogen (secondary N) is 1. The highest BCUT2D eigenvalue weighted by atomic mass is 35.5. The van der Waals surface area contributed by atoms with Crippen LogP contribution in [-0.4, -0.2) is 67.9 Å². The normalized spacial score (nSPS) is 29.4. The molecule has 4 aliphatic rings. The fourth-order valence-corrected chi connectivity index (χ4v) is 7.96. The van der Waals surface area contributed by atoms with Gasteiger partial charge < -0.3 is 25.7 Å². The van der Waals surface area contributed by atoms with Gasteiger partial charge in [-0.05, 0) is 74.9 Å². The lowest BCUT2D eigenvalue weighted by Gasteiger charge is -2.49. The van der Waals surface area contributed by atoms with Gasteiger partial charge in [-0.15, -0.1) is 0 Å². The van der Waals surface area contributed by atoms with E-state index in [2.05, 4.69) is 22.3 Å². The van der Waals surface area contributed by atoms with Gasteiger partial charge in [-0.2, -0.15) is 0 Å². The minimum absolute atomic E-state index is 0.0188. The van der Waals surface area contributed by atoms with Gasteiger partial charge in [0.05, 0.1) is 11.6 Å². The summed E-state index contributed by atoms with van der Waals surface area (Å²) >= 11 is 7.04. The molecule has 1 aliphatic heterocycles. The molecule has 1 unspecified atom stereocenters. The topological polar surface area (TPSA) is 147 Å². The first kappa shape index (κ1) is 28.6. The number of aliphatic hydroxyl groups excluding tert-OH is 2. The van der Waals surface area contributed by atoms with Crippen molar-refractivity contribution in [2.45, 2.75) is 56.8 Å². The van der Waals surface area contributed by atoms with E-state index in [4.69, 9.17) is 11.6 Å². The second-order valence-electron chi connectivity index (χ2n) is 11.8. The van der Waals surface area contributed by atoms with Gasteiger partial charge in [0.15, 0.2) is 17.2 Å².